The molecule has 1 aliphatic heterocycles. The summed E-state index contributed by atoms with van der Waals surface area (Å²) in [5.41, 5.74) is 1.12. The molecule has 1 amide bonds. The summed E-state index contributed by atoms with van der Waals surface area (Å²) < 4.78 is 11.6. The fourth-order valence-electron chi connectivity index (χ4n) is 3.08. The Morgan fingerprint density at radius 1 is 1.24 bits per heavy atom. The zero-order valence-corrected chi connectivity index (χ0v) is 12.1. The van der Waals surface area contributed by atoms with E-state index in [1.165, 1.54) is 19.1 Å². The molecule has 1 unspecified atom stereocenters. The van der Waals surface area contributed by atoms with E-state index in [1.807, 2.05) is 18.2 Å². The van der Waals surface area contributed by atoms with Crippen molar-refractivity contribution in [3.05, 3.63) is 36.6 Å². The second-order valence-corrected chi connectivity index (χ2v) is 5.72. The molecule has 1 saturated heterocycles. The first-order valence-corrected chi connectivity index (χ1v) is 7.61. The number of amides is 1. The molecular formula is C17H21NO3. The van der Waals surface area contributed by atoms with E-state index >= 15 is 0 Å². The lowest BCUT2D eigenvalue weighted by Gasteiger charge is -2.18. The zero-order valence-electron chi connectivity index (χ0n) is 12.1. The van der Waals surface area contributed by atoms with E-state index in [2.05, 4.69) is 11.9 Å². The van der Waals surface area contributed by atoms with Gasteiger partial charge in [0.15, 0.2) is 11.5 Å². The molecular weight excluding hydrogens is 266 g/mol. The summed E-state index contributed by atoms with van der Waals surface area (Å²) in [5.74, 6) is 1.79. The minimum absolute atomic E-state index is 0.115. The monoisotopic (exact) mass is 287 g/mol. The maximum Gasteiger partial charge on any atom is 0.220 e. The van der Waals surface area contributed by atoms with Crippen molar-refractivity contribution in [2.24, 2.45) is 0 Å². The molecule has 4 nitrogen and oxygen atoms in total. The number of ether oxygens (including phenoxy) is 2. The van der Waals surface area contributed by atoms with E-state index in [-0.39, 0.29) is 17.9 Å². The molecule has 0 radical (unpaired) electrons. The van der Waals surface area contributed by atoms with Gasteiger partial charge in [-0.05, 0) is 43.4 Å². The number of hydrogen-bond acceptors (Lipinski definition) is 3. The highest BCUT2D eigenvalue weighted by atomic mass is 16.5. The summed E-state index contributed by atoms with van der Waals surface area (Å²) in [6, 6.07) is 5.93. The topological polar surface area (TPSA) is 47.6 Å². The van der Waals surface area contributed by atoms with Crippen LogP contribution in [0.1, 0.15) is 43.6 Å². The van der Waals surface area contributed by atoms with E-state index in [4.69, 9.17) is 9.47 Å². The number of nitrogens with one attached hydrogen (secondary N) is 1. The van der Waals surface area contributed by atoms with Crippen LogP contribution in [-0.2, 0) is 4.79 Å². The molecule has 1 atom stereocenters. The van der Waals surface area contributed by atoms with Crippen LogP contribution in [0.25, 0.3) is 0 Å². The van der Waals surface area contributed by atoms with Gasteiger partial charge in [-0.1, -0.05) is 12.6 Å². The molecule has 4 heteroatoms. The van der Waals surface area contributed by atoms with Crippen LogP contribution < -0.4 is 14.8 Å². The van der Waals surface area contributed by atoms with Gasteiger partial charge in [0.25, 0.3) is 0 Å². The first-order valence-electron chi connectivity index (χ1n) is 7.61. The van der Waals surface area contributed by atoms with Crippen LogP contribution in [0.3, 0.4) is 0 Å². The van der Waals surface area contributed by atoms with Crippen LogP contribution in [0.4, 0.5) is 0 Å². The van der Waals surface area contributed by atoms with Crippen molar-refractivity contribution in [2.45, 2.75) is 44.1 Å². The van der Waals surface area contributed by atoms with Gasteiger partial charge in [-0.25, -0.2) is 0 Å². The Bertz CT molecular complexity index is 535. The summed E-state index contributed by atoms with van der Waals surface area (Å²) in [4.78, 5) is 11.4. The van der Waals surface area contributed by atoms with E-state index in [0.29, 0.717) is 18.7 Å². The Balaban J connectivity index is 1.82. The minimum atomic E-state index is 0.115. The van der Waals surface area contributed by atoms with Crippen LogP contribution in [0.15, 0.2) is 31.0 Å². The van der Waals surface area contributed by atoms with Crippen molar-refractivity contribution < 1.29 is 14.3 Å². The van der Waals surface area contributed by atoms with E-state index < -0.39 is 0 Å². The fourth-order valence-corrected chi connectivity index (χ4v) is 3.08. The maximum absolute atomic E-state index is 11.4. The Kier molecular flexibility index (Phi) is 4.13. The Morgan fingerprint density at radius 2 is 2.05 bits per heavy atom. The molecule has 1 saturated carbocycles. The zero-order chi connectivity index (χ0) is 14.7. The average molecular weight is 287 g/mol. The summed E-state index contributed by atoms with van der Waals surface area (Å²) in [5, 5.41) is 2.87. The van der Waals surface area contributed by atoms with Crippen molar-refractivity contribution in [1.82, 2.24) is 5.32 Å². The van der Waals surface area contributed by atoms with Gasteiger partial charge in [0, 0.05) is 18.9 Å². The second kappa shape index (κ2) is 6.20. The van der Waals surface area contributed by atoms with Crippen LogP contribution >= 0.6 is 0 Å². The highest BCUT2D eigenvalue weighted by Gasteiger charge is 2.25. The third-order valence-corrected chi connectivity index (χ3v) is 4.22. The summed E-state index contributed by atoms with van der Waals surface area (Å²) in [7, 11) is 0. The van der Waals surface area contributed by atoms with Crippen molar-refractivity contribution in [1.29, 1.82) is 0 Å². The first kappa shape index (κ1) is 14.0. The smallest absolute Gasteiger partial charge is 0.220 e. The molecule has 0 spiro atoms. The van der Waals surface area contributed by atoms with Gasteiger partial charge in [0.1, 0.15) is 0 Å². The van der Waals surface area contributed by atoms with Gasteiger partial charge >= 0.3 is 0 Å². The molecule has 3 rings (SSSR count). The molecule has 1 aromatic rings. The number of carbonyl (C=O) groups is 1. The molecule has 1 heterocycles. The van der Waals surface area contributed by atoms with Crippen molar-refractivity contribution >= 4 is 5.91 Å². The average Bonchev–Trinajstić information content (AvgIpc) is 3.13. The summed E-state index contributed by atoms with van der Waals surface area (Å²) >= 11 is 0. The number of rotatable bonds is 5. The van der Waals surface area contributed by atoms with Gasteiger partial charge in [-0.3, -0.25) is 4.79 Å². The van der Waals surface area contributed by atoms with Crippen molar-refractivity contribution in [2.75, 3.05) is 6.54 Å². The molecule has 1 N–H and O–H groups in total. The van der Waals surface area contributed by atoms with E-state index in [9.17, 15) is 4.79 Å². The maximum atomic E-state index is 11.4. The lowest BCUT2D eigenvalue weighted by molar-refractivity contribution is -0.119. The van der Waals surface area contributed by atoms with Crippen LogP contribution in [-0.4, -0.2) is 18.6 Å². The van der Waals surface area contributed by atoms with Crippen LogP contribution in [0.2, 0.25) is 0 Å². The number of carbonyl (C=O) groups excluding carboxylic acids is 1. The lowest BCUT2D eigenvalue weighted by atomic mass is 9.98. The molecule has 2 aliphatic rings. The molecule has 1 aliphatic carbocycles. The van der Waals surface area contributed by atoms with Crippen molar-refractivity contribution in [3.8, 4) is 11.5 Å². The van der Waals surface area contributed by atoms with Gasteiger partial charge in [-0.15, -0.1) is 0 Å². The number of benzene rings is 1. The van der Waals surface area contributed by atoms with Gasteiger partial charge in [0.05, 0.1) is 12.4 Å². The van der Waals surface area contributed by atoms with Crippen LogP contribution in [0.5, 0.6) is 11.5 Å². The molecule has 0 bridgehead atoms. The molecule has 112 valence electrons. The van der Waals surface area contributed by atoms with E-state index in [0.717, 1.165) is 24.2 Å². The van der Waals surface area contributed by atoms with Gasteiger partial charge < -0.3 is 14.8 Å². The molecule has 21 heavy (non-hydrogen) atoms. The Labute approximate surface area is 125 Å². The normalized spacial score (nSPS) is 22.1. The largest absolute Gasteiger partial charge is 0.487 e. The highest BCUT2D eigenvalue weighted by Crippen LogP contribution is 2.35. The third kappa shape index (κ3) is 3.20. The van der Waals surface area contributed by atoms with Crippen molar-refractivity contribution in [3.63, 3.8) is 0 Å². The Hall–Kier alpha value is -1.97. The van der Waals surface area contributed by atoms with Gasteiger partial charge in [0.2, 0.25) is 5.91 Å². The molecule has 1 aromatic carbocycles. The fraction of sp³-hybridized carbons (Fsp3) is 0.471. The SMILES string of the molecule is C=COc1ccc(C2CNC(=O)C2)cc1OC1CCCC1. The highest BCUT2D eigenvalue weighted by molar-refractivity contribution is 5.79. The molecule has 0 aromatic heterocycles. The predicted molar refractivity (Wildman–Crippen MR) is 80.5 cm³/mol. The summed E-state index contributed by atoms with van der Waals surface area (Å²) in [6.07, 6.45) is 6.88. The number of hydrogen-bond donors (Lipinski definition) is 1. The minimum Gasteiger partial charge on any atom is -0.487 e. The van der Waals surface area contributed by atoms with Crippen LogP contribution in [0, 0.1) is 0 Å². The Morgan fingerprint density at radius 3 is 2.71 bits per heavy atom. The lowest BCUT2D eigenvalue weighted by Crippen LogP contribution is -2.14. The van der Waals surface area contributed by atoms with Gasteiger partial charge in [-0.2, -0.15) is 0 Å². The standard InChI is InChI=1S/C17H21NO3/c1-2-20-15-8-7-12(13-10-17(19)18-11-13)9-16(15)21-14-5-3-4-6-14/h2,7-9,13-14H,1,3-6,10-11H2,(H,18,19). The second-order valence-electron chi connectivity index (χ2n) is 5.72. The third-order valence-electron chi connectivity index (χ3n) is 4.22. The molecule has 2 fully saturated rings. The first-order chi connectivity index (χ1) is 10.3. The summed E-state index contributed by atoms with van der Waals surface area (Å²) in [6.45, 7) is 4.30. The van der Waals surface area contributed by atoms with E-state index in [1.54, 1.807) is 0 Å². The predicted octanol–water partition coefficient (Wildman–Crippen LogP) is 3.13. The quantitative estimate of drug-likeness (QED) is 0.846.